The van der Waals surface area contributed by atoms with Crippen LogP contribution < -0.4 is 0 Å². The number of rotatable bonds is 2. The predicted octanol–water partition coefficient (Wildman–Crippen LogP) is 3.48. The van der Waals surface area contributed by atoms with E-state index in [0.717, 1.165) is 7.11 Å². The number of ether oxygens (including phenoxy) is 1. The van der Waals surface area contributed by atoms with Crippen LogP contribution in [-0.4, -0.2) is 18.1 Å². The molecule has 0 amide bonds. The summed E-state index contributed by atoms with van der Waals surface area (Å²) in [5.41, 5.74) is -3.66. The van der Waals surface area contributed by atoms with Crippen LogP contribution in [0.25, 0.3) is 0 Å². The number of carbonyl (C=O) groups is 1. The number of hydrogen-bond donors (Lipinski definition) is 0. The molecule has 9 heteroatoms. The summed E-state index contributed by atoms with van der Waals surface area (Å²) >= 11 is 5.30. The maximum absolute atomic E-state index is 12.5. The highest BCUT2D eigenvalue weighted by molar-refractivity contribution is 6.34. The highest BCUT2D eigenvalue weighted by Gasteiger charge is 2.38. The van der Waals surface area contributed by atoms with Crippen LogP contribution in [0.1, 0.15) is 28.0 Å². The monoisotopic (exact) mass is 289 g/mol. The summed E-state index contributed by atoms with van der Waals surface area (Å²) in [5.74, 6) is -1.39. The lowest BCUT2D eigenvalue weighted by Crippen LogP contribution is -2.15. The van der Waals surface area contributed by atoms with Crippen LogP contribution in [0.2, 0.25) is 5.02 Å². The normalized spacial score (nSPS) is 11.8. The third-order valence-corrected chi connectivity index (χ3v) is 2.31. The Morgan fingerprint density at radius 2 is 2.00 bits per heavy atom. The van der Waals surface area contributed by atoms with Gasteiger partial charge in [0, 0.05) is 6.20 Å². The number of aromatic nitrogens is 1. The summed E-state index contributed by atoms with van der Waals surface area (Å²) < 4.78 is 66.5. The van der Waals surface area contributed by atoms with Crippen LogP contribution in [0, 0.1) is 0 Å². The number of alkyl halides is 5. The van der Waals surface area contributed by atoms with Gasteiger partial charge in [-0.05, 0) is 0 Å². The molecule has 0 fully saturated rings. The SMILES string of the molecule is COC(=O)c1c(C(F)F)cnc(C(F)(F)F)c1Cl. The maximum atomic E-state index is 12.5. The molecular formula is C9H5ClF5NO2. The summed E-state index contributed by atoms with van der Waals surface area (Å²) in [7, 11) is 0.835. The van der Waals surface area contributed by atoms with Crippen LogP contribution >= 0.6 is 11.6 Å². The molecular weight excluding hydrogens is 285 g/mol. The van der Waals surface area contributed by atoms with Gasteiger partial charge in [0.25, 0.3) is 6.43 Å². The minimum absolute atomic E-state index is 0.256. The molecule has 0 spiro atoms. The molecule has 0 saturated heterocycles. The number of hydrogen-bond acceptors (Lipinski definition) is 3. The van der Waals surface area contributed by atoms with E-state index in [4.69, 9.17) is 11.6 Å². The van der Waals surface area contributed by atoms with E-state index < -0.39 is 40.4 Å². The molecule has 0 bridgehead atoms. The van der Waals surface area contributed by atoms with E-state index in [-0.39, 0.29) is 6.20 Å². The van der Waals surface area contributed by atoms with Crippen molar-refractivity contribution in [1.29, 1.82) is 0 Å². The third kappa shape index (κ3) is 2.69. The van der Waals surface area contributed by atoms with Crippen molar-refractivity contribution in [2.75, 3.05) is 7.11 Å². The molecule has 0 atom stereocenters. The highest BCUT2D eigenvalue weighted by atomic mass is 35.5. The van der Waals surface area contributed by atoms with Crippen molar-refractivity contribution in [3.63, 3.8) is 0 Å². The molecule has 100 valence electrons. The molecule has 1 rings (SSSR count). The zero-order chi connectivity index (χ0) is 14.1. The molecule has 0 saturated carbocycles. The molecule has 0 radical (unpaired) electrons. The second kappa shape index (κ2) is 5.05. The van der Waals surface area contributed by atoms with Gasteiger partial charge in [-0.3, -0.25) is 0 Å². The van der Waals surface area contributed by atoms with Crippen LogP contribution in [0.4, 0.5) is 22.0 Å². The van der Waals surface area contributed by atoms with Gasteiger partial charge in [-0.2, -0.15) is 13.2 Å². The smallest absolute Gasteiger partial charge is 0.434 e. The summed E-state index contributed by atoms with van der Waals surface area (Å²) in [4.78, 5) is 14.0. The second-order valence-electron chi connectivity index (χ2n) is 3.04. The molecule has 1 heterocycles. The van der Waals surface area contributed by atoms with Crippen molar-refractivity contribution in [3.05, 3.63) is 28.0 Å². The number of nitrogens with zero attached hydrogens (tertiary/aromatic N) is 1. The number of esters is 1. The predicted molar refractivity (Wildman–Crippen MR) is 50.5 cm³/mol. The second-order valence-corrected chi connectivity index (χ2v) is 3.42. The lowest BCUT2D eigenvalue weighted by molar-refractivity contribution is -0.141. The largest absolute Gasteiger partial charge is 0.465 e. The first kappa shape index (κ1) is 14.6. The molecule has 0 aliphatic rings. The van der Waals surface area contributed by atoms with E-state index in [2.05, 4.69) is 9.72 Å². The maximum Gasteiger partial charge on any atom is 0.434 e. The van der Waals surface area contributed by atoms with Gasteiger partial charge >= 0.3 is 12.1 Å². The topological polar surface area (TPSA) is 39.2 Å². The van der Waals surface area contributed by atoms with Gasteiger partial charge in [0.2, 0.25) is 0 Å². The Bertz CT molecular complexity index is 475. The van der Waals surface area contributed by atoms with Crippen molar-refractivity contribution in [3.8, 4) is 0 Å². The van der Waals surface area contributed by atoms with Crippen molar-refractivity contribution in [1.82, 2.24) is 4.98 Å². The van der Waals surface area contributed by atoms with E-state index in [1.165, 1.54) is 0 Å². The molecule has 0 unspecified atom stereocenters. The first-order valence-corrected chi connectivity index (χ1v) is 4.70. The summed E-state index contributed by atoms with van der Waals surface area (Å²) in [6, 6.07) is 0. The average Bonchev–Trinajstić information content (AvgIpc) is 2.25. The Hall–Kier alpha value is -1.44. The lowest BCUT2D eigenvalue weighted by Gasteiger charge is -2.13. The fourth-order valence-electron chi connectivity index (χ4n) is 1.17. The van der Waals surface area contributed by atoms with E-state index in [0.29, 0.717) is 0 Å². The van der Waals surface area contributed by atoms with Gasteiger partial charge in [-0.15, -0.1) is 0 Å². The summed E-state index contributed by atoms with van der Waals surface area (Å²) in [5, 5.41) is -1.20. The molecule has 1 aromatic rings. The van der Waals surface area contributed by atoms with Crippen molar-refractivity contribution < 1.29 is 31.5 Å². The molecule has 1 aromatic heterocycles. The Morgan fingerprint density at radius 1 is 1.44 bits per heavy atom. The summed E-state index contributed by atoms with van der Waals surface area (Å²) in [6.07, 6.45) is -7.90. The molecule has 0 aromatic carbocycles. The number of carbonyl (C=O) groups excluding carboxylic acids is 1. The van der Waals surface area contributed by atoms with Crippen LogP contribution in [0.15, 0.2) is 6.20 Å². The van der Waals surface area contributed by atoms with Crippen molar-refractivity contribution >= 4 is 17.6 Å². The van der Waals surface area contributed by atoms with Gasteiger partial charge in [0.15, 0.2) is 5.69 Å². The zero-order valence-electron chi connectivity index (χ0n) is 8.69. The van der Waals surface area contributed by atoms with E-state index in [9.17, 15) is 26.7 Å². The molecule has 3 nitrogen and oxygen atoms in total. The van der Waals surface area contributed by atoms with Gasteiger partial charge in [0.1, 0.15) is 0 Å². The molecule has 0 aliphatic heterocycles. The van der Waals surface area contributed by atoms with Gasteiger partial charge in [-0.1, -0.05) is 11.6 Å². The number of pyridine rings is 1. The highest BCUT2D eigenvalue weighted by Crippen LogP contribution is 2.38. The fourth-order valence-corrected chi connectivity index (χ4v) is 1.52. The number of methoxy groups -OCH3 is 1. The van der Waals surface area contributed by atoms with E-state index >= 15 is 0 Å². The Labute approximate surface area is 103 Å². The van der Waals surface area contributed by atoms with Gasteiger partial charge in [0.05, 0.1) is 23.3 Å². The van der Waals surface area contributed by atoms with Crippen molar-refractivity contribution in [2.24, 2.45) is 0 Å². The molecule has 18 heavy (non-hydrogen) atoms. The number of halogens is 6. The third-order valence-electron chi connectivity index (χ3n) is 1.94. The van der Waals surface area contributed by atoms with E-state index in [1.54, 1.807) is 0 Å². The fraction of sp³-hybridized carbons (Fsp3) is 0.333. The Morgan fingerprint density at radius 3 is 2.39 bits per heavy atom. The van der Waals surface area contributed by atoms with Gasteiger partial charge in [-0.25, -0.2) is 18.6 Å². The first-order valence-electron chi connectivity index (χ1n) is 4.32. The standard InChI is InChI=1S/C9H5ClF5NO2/c1-18-8(17)4-3(7(11)12)2-16-6(5(4)10)9(13,14)15/h2,7H,1H3. The first-order chi connectivity index (χ1) is 8.20. The Balaban J connectivity index is 3.55. The zero-order valence-corrected chi connectivity index (χ0v) is 9.44. The van der Waals surface area contributed by atoms with Crippen LogP contribution in [-0.2, 0) is 10.9 Å². The van der Waals surface area contributed by atoms with Crippen LogP contribution in [0.5, 0.6) is 0 Å². The van der Waals surface area contributed by atoms with Crippen molar-refractivity contribution in [2.45, 2.75) is 12.6 Å². The average molecular weight is 290 g/mol. The minimum Gasteiger partial charge on any atom is -0.465 e. The Kier molecular flexibility index (Phi) is 4.10. The van der Waals surface area contributed by atoms with E-state index in [1.807, 2.05) is 0 Å². The van der Waals surface area contributed by atoms with Gasteiger partial charge < -0.3 is 4.74 Å². The molecule has 0 N–H and O–H groups in total. The summed E-state index contributed by atoms with van der Waals surface area (Å²) in [6.45, 7) is 0. The lowest BCUT2D eigenvalue weighted by atomic mass is 10.1. The van der Waals surface area contributed by atoms with Crippen LogP contribution in [0.3, 0.4) is 0 Å². The quantitative estimate of drug-likeness (QED) is 0.618. The molecule has 0 aliphatic carbocycles. The minimum atomic E-state index is -4.96.